The molecule has 0 heterocycles. The molecule has 0 amide bonds. The fraction of sp³-hybridized carbons (Fsp3) is 0. The monoisotopic (exact) mass is 280 g/mol. The quantitative estimate of drug-likeness (QED) is 0.579. The van der Waals surface area contributed by atoms with Gasteiger partial charge in [-0.3, -0.25) is 5.84 Å². The first-order valence-electron chi connectivity index (χ1n) is 5.30. The predicted molar refractivity (Wildman–Crippen MR) is 69.1 cm³/mol. The van der Waals surface area contributed by atoms with Crippen molar-refractivity contribution in [2.75, 3.05) is 0 Å². The minimum Gasteiger partial charge on any atom is -0.508 e. The number of rotatable bonds is 4. The molecule has 0 saturated heterocycles. The molecule has 0 bridgehead atoms. The highest BCUT2D eigenvalue weighted by Crippen LogP contribution is 2.24. The van der Waals surface area contributed by atoms with E-state index in [-0.39, 0.29) is 10.6 Å². The Bertz CT molecular complexity index is 651. The summed E-state index contributed by atoms with van der Waals surface area (Å²) in [7, 11) is -3.65. The van der Waals surface area contributed by atoms with Crippen LogP contribution in [0, 0.1) is 0 Å². The average molecular weight is 280 g/mol. The zero-order valence-corrected chi connectivity index (χ0v) is 10.6. The van der Waals surface area contributed by atoms with Crippen molar-refractivity contribution in [3.8, 4) is 17.2 Å². The minimum absolute atomic E-state index is 0.0491. The molecule has 7 heteroatoms. The second-order valence-corrected chi connectivity index (χ2v) is 5.40. The van der Waals surface area contributed by atoms with Gasteiger partial charge in [0.25, 0.3) is 10.0 Å². The van der Waals surface area contributed by atoms with E-state index in [2.05, 4.69) is 0 Å². The second-order valence-electron chi connectivity index (χ2n) is 3.69. The molecule has 0 fully saturated rings. The van der Waals surface area contributed by atoms with Gasteiger partial charge >= 0.3 is 0 Å². The van der Waals surface area contributed by atoms with Crippen LogP contribution in [0.1, 0.15) is 0 Å². The van der Waals surface area contributed by atoms with E-state index in [1.807, 2.05) is 0 Å². The molecule has 0 radical (unpaired) electrons. The maximum atomic E-state index is 11.4. The van der Waals surface area contributed by atoms with E-state index in [1.54, 1.807) is 17.0 Å². The molecule has 0 aliphatic rings. The Labute approximate surface area is 110 Å². The van der Waals surface area contributed by atoms with Gasteiger partial charge in [0.15, 0.2) is 0 Å². The van der Waals surface area contributed by atoms with Crippen LogP contribution in [0.5, 0.6) is 17.2 Å². The largest absolute Gasteiger partial charge is 0.508 e. The molecule has 0 aliphatic heterocycles. The van der Waals surface area contributed by atoms with Crippen LogP contribution in [0.3, 0.4) is 0 Å². The van der Waals surface area contributed by atoms with Crippen LogP contribution in [0.4, 0.5) is 0 Å². The van der Waals surface area contributed by atoms with E-state index >= 15 is 0 Å². The number of hydrazine groups is 1. The third-order valence-corrected chi connectivity index (χ3v) is 3.56. The fourth-order valence-corrected chi connectivity index (χ4v) is 2.04. The standard InChI is InChI=1S/C12H12N2O4S/c13-14-19(16,17)12-7-5-11(6-8-12)18-10-3-1-9(15)2-4-10/h1-8,14-15H,13H2. The van der Waals surface area contributed by atoms with Gasteiger partial charge in [-0.2, -0.15) is 4.83 Å². The lowest BCUT2D eigenvalue weighted by Crippen LogP contribution is -2.30. The van der Waals surface area contributed by atoms with E-state index in [0.717, 1.165) is 0 Å². The Morgan fingerprint density at radius 1 is 0.947 bits per heavy atom. The molecule has 2 rings (SSSR count). The normalized spacial score (nSPS) is 11.2. The summed E-state index contributed by atoms with van der Waals surface area (Å²) < 4.78 is 28.3. The van der Waals surface area contributed by atoms with Gasteiger partial charge in [-0.25, -0.2) is 8.42 Å². The first kappa shape index (κ1) is 13.3. The van der Waals surface area contributed by atoms with Gasteiger partial charge in [0.05, 0.1) is 4.90 Å². The topological polar surface area (TPSA) is 102 Å². The summed E-state index contributed by atoms with van der Waals surface area (Å²) in [4.78, 5) is 1.79. The molecule has 0 unspecified atom stereocenters. The summed E-state index contributed by atoms with van der Waals surface area (Å²) in [5.41, 5.74) is 0. The van der Waals surface area contributed by atoms with Gasteiger partial charge in [0.2, 0.25) is 0 Å². The summed E-state index contributed by atoms with van der Waals surface area (Å²) in [6.07, 6.45) is 0. The number of hydrogen-bond donors (Lipinski definition) is 3. The van der Waals surface area contributed by atoms with Gasteiger partial charge in [-0.15, -0.1) is 0 Å². The van der Waals surface area contributed by atoms with Crippen LogP contribution in [-0.2, 0) is 10.0 Å². The number of benzene rings is 2. The number of ether oxygens (including phenoxy) is 1. The molecule has 2 aromatic carbocycles. The zero-order chi connectivity index (χ0) is 13.9. The molecule has 6 nitrogen and oxygen atoms in total. The van der Waals surface area contributed by atoms with E-state index in [0.29, 0.717) is 11.5 Å². The molecule has 19 heavy (non-hydrogen) atoms. The molecule has 4 N–H and O–H groups in total. The highest BCUT2D eigenvalue weighted by atomic mass is 32.2. The van der Waals surface area contributed by atoms with Crippen molar-refractivity contribution < 1.29 is 18.3 Å². The van der Waals surface area contributed by atoms with Crippen LogP contribution in [0.15, 0.2) is 53.4 Å². The molecular formula is C12H12N2O4S. The number of sulfonamides is 1. The van der Waals surface area contributed by atoms with Gasteiger partial charge in [0.1, 0.15) is 17.2 Å². The maximum Gasteiger partial charge on any atom is 0.253 e. The van der Waals surface area contributed by atoms with Crippen molar-refractivity contribution in [3.05, 3.63) is 48.5 Å². The van der Waals surface area contributed by atoms with Gasteiger partial charge in [-0.1, -0.05) is 0 Å². The highest BCUT2D eigenvalue weighted by molar-refractivity contribution is 7.89. The predicted octanol–water partition coefficient (Wildman–Crippen LogP) is 1.34. The van der Waals surface area contributed by atoms with Gasteiger partial charge in [-0.05, 0) is 48.5 Å². The second kappa shape index (κ2) is 5.27. The first-order valence-corrected chi connectivity index (χ1v) is 6.79. The maximum absolute atomic E-state index is 11.4. The number of nitrogens with two attached hydrogens (primary N) is 1. The fourth-order valence-electron chi connectivity index (χ4n) is 1.41. The molecule has 2 aromatic rings. The van der Waals surface area contributed by atoms with Crippen molar-refractivity contribution in [1.29, 1.82) is 0 Å². The molecule has 0 aliphatic carbocycles. The molecule has 0 saturated carbocycles. The molecule has 100 valence electrons. The van der Waals surface area contributed by atoms with Crippen LogP contribution < -0.4 is 15.4 Å². The van der Waals surface area contributed by atoms with E-state index < -0.39 is 10.0 Å². The molecule has 0 atom stereocenters. The van der Waals surface area contributed by atoms with E-state index in [1.165, 1.54) is 36.4 Å². The summed E-state index contributed by atoms with van der Waals surface area (Å²) in [5.74, 6) is 6.07. The highest BCUT2D eigenvalue weighted by Gasteiger charge is 2.11. The van der Waals surface area contributed by atoms with Crippen molar-refractivity contribution in [3.63, 3.8) is 0 Å². The van der Waals surface area contributed by atoms with E-state index in [9.17, 15) is 8.42 Å². The lowest BCUT2D eigenvalue weighted by atomic mass is 10.3. The van der Waals surface area contributed by atoms with Crippen LogP contribution in [0.25, 0.3) is 0 Å². The van der Waals surface area contributed by atoms with Crippen molar-refractivity contribution in [2.45, 2.75) is 4.90 Å². The molecular weight excluding hydrogens is 268 g/mol. The lowest BCUT2D eigenvalue weighted by Gasteiger charge is -2.07. The SMILES string of the molecule is NNS(=O)(=O)c1ccc(Oc2ccc(O)cc2)cc1. The number of phenolic OH excluding ortho intramolecular Hbond substituents is 1. The third kappa shape index (κ3) is 3.22. The smallest absolute Gasteiger partial charge is 0.253 e. The summed E-state index contributed by atoms with van der Waals surface area (Å²) in [6.45, 7) is 0. The summed E-state index contributed by atoms with van der Waals surface area (Å²) >= 11 is 0. The molecule has 0 aromatic heterocycles. The average Bonchev–Trinajstić information content (AvgIpc) is 2.42. The first-order chi connectivity index (χ1) is 9.01. The Kier molecular flexibility index (Phi) is 3.70. The Hall–Kier alpha value is -2.09. The van der Waals surface area contributed by atoms with Crippen LogP contribution in [-0.4, -0.2) is 13.5 Å². The number of nitrogens with one attached hydrogen (secondary N) is 1. The number of hydrogen-bond acceptors (Lipinski definition) is 5. The van der Waals surface area contributed by atoms with E-state index in [4.69, 9.17) is 15.7 Å². The Morgan fingerprint density at radius 3 is 1.89 bits per heavy atom. The van der Waals surface area contributed by atoms with Crippen molar-refractivity contribution in [2.24, 2.45) is 5.84 Å². The summed E-state index contributed by atoms with van der Waals surface area (Å²) in [5, 5.41) is 9.13. The Morgan fingerprint density at radius 2 is 1.42 bits per heavy atom. The zero-order valence-electron chi connectivity index (χ0n) is 9.78. The number of phenols is 1. The number of aromatic hydroxyl groups is 1. The van der Waals surface area contributed by atoms with Crippen LogP contribution in [0.2, 0.25) is 0 Å². The van der Waals surface area contributed by atoms with Crippen LogP contribution >= 0.6 is 0 Å². The Balaban J connectivity index is 2.17. The minimum atomic E-state index is -3.65. The van der Waals surface area contributed by atoms with Crippen molar-refractivity contribution >= 4 is 10.0 Å². The van der Waals surface area contributed by atoms with Crippen molar-refractivity contribution in [1.82, 2.24) is 4.83 Å². The molecule has 0 spiro atoms. The third-order valence-electron chi connectivity index (χ3n) is 2.36. The van der Waals surface area contributed by atoms with Gasteiger partial charge < -0.3 is 9.84 Å². The lowest BCUT2D eigenvalue weighted by molar-refractivity contribution is 0.464. The summed E-state index contributed by atoms with van der Waals surface area (Å²) in [6, 6.07) is 12.0. The van der Waals surface area contributed by atoms with Gasteiger partial charge in [0, 0.05) is 0 Å².